The van der Waals surface area contributed by atoms with Crippen molar-refractivity contribution in [1.82, 2.24) is 15.0 Å². The zero-order valence-corrected chi connectivity index (χ0v) is 13.7. The van der Waals surface area contributed by atoms with Gasteiger partial charge in [0.25, 0.3) is 0 Å². The summed E-state index contributed by atoms with van der Waals surface area (Å²) in [6.45, 7) is 11.9. The first-order valence-electron chi connectivity index (χ1n) is 7.88. The van der Waals surface area contributed by atoms with Crippen LogP contribution in [-0.4, -0.2) is 72.8 Å². The van der Waals surface area contributed by atoms with Crippen molar-refractivity contribution in [3.8, 4) is 0 Å². The number of ether oxygens (including phenoxy) is 1. The molecule has 1 aromatic heterocycles. The molecule has 1 atom stereocenters. The van der Waals surface area contributed by atoms with E-state index in [1.165, 1.54) is 0 Å². The summed E-state index contributed by atoms with van der Waals surface area (Å²) in [6, 6.07) is 1.54. The van der Waals surface area contributed by atoms with E-state index in [0.29, 0.717) is 11.6 Å². The van der Waals surface area contributed by atoms with Crippen LogP contribution in [0.5, 0.6) is 0 Å². The Bertz CT molecular complexity index is 469. The van der Waals surface area contributed by atoms with Crippen molar-refractivity contribution in [1.29, 1.82) is 0 Å². The average molecular weight is 310 g/mol. The second-order valence-corrected chi connectivity index (χ2v) is 5.56. The van der Waals surface area contributed by atoms with E-state index >= 15 is 0 Å². The maximum atomic E-state index is 12.2. The van der Waals surface area contributed by atoms with E-state index in [-0.39, 0.29) is 11.9 Å². The van der Waals surface area contributed by atoms with Crippen LogP contribution >= 0.6 is 0 Å². The second kappa shape index (κ2) is 8.26. The molecule has 2 rings (SSSR count). The number of hydrogen-bond acceptors (Lipinski definition) is 6. The largest absolute Gasteiger partial charge is 0.380 e. The van der Waals surface area contributed by atoms with Crippen LogP contribution in [0.3, 0.4) is 0 Å². The number of carbonyl (C=O) groups excluding carboxylic acids is 1. The maximum absolute atomic E-state index is 12.2. The predicted molar refractivity (Wildman–Crippen MR) is 83.8 cm³/mol. The van der Waals surface area contributed by atoms with E-state index in [1.54, 1.807) is 13.0 Å². The van der Waals surface area contributed by atoms with Gasteiger partial charge in [0.15, 0.2) is 5.82 Å². The molecule has 0 saturated carbocycles. The molecule has 1 saturated heterocycles. The SMILES string of the molecule is CCOCCN1CCN(C(C)C(=O)Nc2cc(C)on2)CC1. The van der Waals surface area contributed by atoms with E-state index in [0.717, 1.165) is 45.9 Å². The number of anilines is 1. The summed E-state index contributed by atoms with van der Waals surface area (Å²) in [5, 5.41) is 6.58. The van der Waals surface area contributed by atoms with Crippen LogP contribution in [0.25, 0.3) is 0 Å². The number of piperazine rings is 1. The minimum Gasteiger partial charge on any atom is -0.380 e. The normalized spacial score (nSPS) is 18.3. The summed E-state index contributed by atoms with van der Waals surface area (Å²) in [6.07, 6.45) is 0. The summed E-state index contributed by atoms with van der Waals surface area (Å²) in [4.78, 5) is 16.8. The molecule has 1 aliphatic rings. The predicted octanol–water partition coefficient (Wildman–Crippen LogP) is 0.964. The summed E-state index contributed by atoms with van der Waals surface area (Å²) in [7, 11) is 0. The van der Waals surface area contributed by atoms with E-state index in [9.17, 15) is 4.79 Å². The van der Waals surface area contributed by atoms with E-state index in [4.69, 9.17) is 9.26 Å². The zero-order valence-electron chi connectivity index (χ0n) is 13.7. The fourth-order valence-corrected chi connectivity index (χ4v) is 2.53. The minimum atomic E-state index is -0.175. The molecule has 2 heterocycles. The first-order valence-corrected chi connectivity index (χ1v) is 7.88. The van der Waals surface area contributed by atoms with Gasteiger partial charge in [0.2, 0.25) is 5.91 Å². The van der Waals surface area contributed by atoms with Gasteiger partial charge in [-0.25, -0.2) is 0 Å². The van der Waals surface area contributed by atoms with Crippen molar-refractivity contribution < 1.29 is 14.1 Å². The van der Waals surface area contributed by atoms with Gasteiger partial charge in [-0.3, -0.25) is 14.6 Å². The third-order valence-electron chi connectivity index (χ3n) is 3.97. The number of rotatable bonds is 7. The molecule has 1 amide bonds. The van der Waals surface area contributed by atoms with E-state index < -0.39 is 0 Å². The number of hydrogen-bond donors (Lipinski definition) is 1. The van der Waals surface area contributed by atoms with Crippen molar-refractivity contribution in [2.24, 2.45) is 0 Å². The lowest BCUT2D eigenvalue weighted by atomic mass is 10.2. The molecule has 0 radical (unpaired) electrons. The Labute approximate surface area is 131 Å². The van der Waals surface area contributed by atoms with Gasteiger partial charge < -0.3 is 14.6 Å². The minimum absolute atomic E-state index is 0.0453. The molecular weight excluding hydrogens is 284 g/mol. The lowest BCUT2D eigenvalue weighted by Crippen LogP contribution is -2.53. The van der Waals surface area contributed by atoms with Gasteiger partial charge in [-0.05, 0) is 20.8 Å². The van der Waals surface area contributed by atoms with Crippen LogP contribution in [-0.2, 0) is 9.53 Å². The highest BCUT2D eigenvalue weighted by Gasteiger charge is 2.25. The van der Waals surface area contributed by atoms with Crippen LogP contribution in [0.4, 0.5) is 5.82 Å². The van der Waals surface area contributed by atoms with Gasteiger partial charge in [0.05, 0.1) is 12.6 Å². The standard InChI is InChI=1S/C15H26N4O3/c1-4-21-10-9-18-5-7-19(8-6-18)13(3)15(20)16-14-11-12(2)22-17-14/h11,13H,4-10H2,1-3H3,(H,16,17,20). The molecule has 1 unspecified atom stereocenters. The molecule has 1 aromatic rings. The van der Waals surface area contributed by atoms with Crippen LogP contribution in [0, 0.1) is 6.92 Å². The van der Waals surface area contributed by atoms with Crippen LogP contribution in [0.1, 0.15) is 19.6 Å². The molecule has 7 heteroatoms. The van der Waals surface area contributed by atoms with Gasteiger partial charge in [0.1, 0.15) is 5.76 Å². The lowest BCUT2D eigenvalue weighted by Gasteiger charge is -2.37. The van der Waals surface area contributed by atoms with Gasteiger partial charge in [-0.2, -0.15) is 0 Å². The molecule has 7 nitrogen and oxygen atoms in total. The molecule has 0 aromatic carbocycles. The fourth-order valence-electron chi connectivity index (χ4n) is 2.53. The number of nitrogens with one attached hydrogen (secondary N) is 1. The molecule has 0 bridgehead atoms. The first kappa shape index (κ1) is 16.9. The molecular formula is C15H26N4O3. The lowest BCUT2D eigenvalue weighted by molar-refractivity contribution is -0.121. The fraction of sp³-hybridized carbons (Fsp3) is 0.733. The second-order valence-electron chi connectivity index (χ2n) is 5.56. The third-order valence-corrected chi connectivity index (χ3v) is 3.97. The van der Waals surface area contributed by atoms with Crippen molar-refractivity contribution in [3.63, 3.8) is 0 Å². The number of aromatic nitrogens is 1. The van der Waals surface area contributed by atoms with Crippen LogP contribution in [0.15, 0.2) is 10.6 Å². The summed E-state index contributed by atoms with van der Waals surface area (Å²) in [5.41, 5.74) is 0. The van der Waals surface area contributed by atoms with Crippen LogP contribution < -0.4 is 5.32 Å². The van der Waals surface area contributed by atoms with Gasteiger partial charge in [-0.1, -0.05) is 5.16 Å². The Morgan fingerprint density at radius 1 is 1.45 bits per heavy atom. The average Bonchev–Trinajstić information content (AvgIpc) is 2.92. The first-order chi connectivity index (χ1) is 10.6. The quantitative estimate of drug-likeness (QED) is 0.757. The molecule has 1 aliphatic heterocycles. The number of amides is 1. The Kier molecular flexibility index (Phi) is 6.35. The Balaban J connectivity index is 1.74. The zero-order chi connectivity index (χ0) is 15.9. The smallest absolute Gasteiger partial charge is 0.242 e. The van der Waals surface area contributed by atoms with Crippen molar-refractivity contribution >= 4 is 11.7 Å². The number of carbonyl (C=O) groups is 1. The molecule has 0 spiro atoms. The van der Waals surface area contributed by atoms with Gasteiger partial charge in [-0.15, -0.1) is 0 Å². The van der Waals surface area contributed by atoms with Gasteiger partial charge in [0, 0.05) is 45.4 Å². The summed E-state index contributed by atoms with van der Waals surface area (Å²) < 4.78 is 10.3. The highest BCUT2D eigenvalue weighted by molar-refractivity contribution is 5.93. The number of aryl methyl sites for hydroxylation is 1. The third kappa shape index (κ3) is 4.79. The topological polar surface area (TPSA) is 70.8 Å². The Hall–Kier alpha value is -1.44. The van der Waals surface area contributed by atoms with E-state index in [1.807, 2.05) is 13.8 Å². The highest BCUT2D eigenvalue weighted by atomic mass is 16.5. The highest BCUT2D eigenvalue weighted by Crippen LogP contribution is 2.11. The molecule has 1 N–H and O–H groups in total. The summed E-state index contributed by atoms with van der Waals surface area (Å²) >= 11 is 0. The molecule has 124 valence electrons. The van der Waals surface area contributed by atoms with Crippen molar-refractivity contribution in [3.05, 3.63) is 11.8 Å². The van der Waals surface area contributed by atoms with Crippen molar-refractivity contribution in [2.75, 3.05) is 51.3 Å². The molecule has 1 fully saturated rings. The van der Waals surface area contributed by atoms with Crippen LogP contribution in [0.2, 0.25) is 0 Å². The Morgan fingerprint density at radius 3 is 2.77 bits per heavy atom. The van der Waals surface area contributed by atoms with E-state index in [2.05, 4.69) is 20.3 Å². The molecule has 22 heavy (non-hydrogen) atoms. The maximum Gasteiger partial charge on any atom is 0.242 e. The number of nitrogens with zero attached hydrogens (tertiary/aromatic N) is 3. The summed E-state index contributed by atoms with van der Waals surface area (Å²) in [5.74, 6) is 1.12. The monoisotopic (exact) mass is 310 g/mol. The Morgan fingerprint density at radius 2 is 2.18 bits per heavy atom. The molecule has 0 aliphatic carbocycles. The van der Waals surface area contributed by atoms with Crippen molar-refractivity contribution in [2.45, 2.75) is 26.8 Å². The van der Waals surface area contributed by atoms with Gasteiger partial charge >= 0.3 is 0 Å².